The first kappa shape index (κ1) is 13.8. The van der Waals surface area contributed by atoms with E-state index in [2.05, 4.69) is 28.9 Å². The minimum atomic E-state index is -0.592. The molecule has 96 valence electrons. The lowest BCUT2D eigenvalue weighted by Crippen LogP contribution is -2.28. The highest BCUT2D eigenvalue weighted by Gasteiger charge is 2.35. The number of hydrogen-bond donors (Lipinski definition) is 0. The molecule has 2 heteroatoms. The Labute approximate surface area is 123 Å². The van der Waals surface area contributed by atoms with Gasteiger partial charge in [0, 0.05) is 4.83 Å². The topological polar surface area (TPSA) is 23.8 Å². The van der Waals surface area contributed by atoms with Crippen LogP contribution in [0.15, 0.2) is 60.7 Å². The molecule has 0 aromatic heterocycles. The van der Waals surface area contributed by atoms with Crippen molar-refractivity contribution in [2.45, 2.75) is 23.6 Å². The summed E-state index contributed by atoms with van der Waals surface area (Å²) in [5, 5.41) is 9.86. The van der Waals surface area contributed by atoms with E-state index in [0.29, 0.717) is 0 Å². The van der Waals surface area contributed by atoms with Crippen molar-refractivity contribution in [3.8, 4) is 6.07 Å². The van der Waals surface area contributed by atoms with Gasteiger partial charge in [0.05, 0.1) is 6.07 Å². The molecule has 2 aromatic rings. The summed E-state index contributed by atoms with van der Waals surface area (Å²) in [6, 6.07) is 22.6. The van der Waals surface area contributed by atoms with Crippen LogP contribution in [0, 0.1) is 11.3 Å². The normalized spacial score (nSPS) is 12.7. The molecule has 0 spiro atoms. The maximum Gasteiger partial charge on any atom is 0.108 e. The average Bonchev–Trinajstić information content (AvgIpc) is 2.46. The molecule has 0 N–H and O–H groups in total. The largest absolute Gasteiger partial charge is 0.197 e. The number of nitriles is 1. The zero-order valence-electron chi connectivity index (χ0n) is 10.9. The van der Waals surface area contributed by atoms with Crippen LogP contribution >= 0.6 is 15.9 Å². The molecule has 0 saturated carbocycles. The standard InChI is InChI=1S/C17H16BrN/c1-14(18)12-17(13-19,15-8-4-2-5-9-15)16-10-6-3-7-11-16/h2-11,14H,12H2,1H3. The predicted octanol–water partition coefficient (Wildman–Crippen LogP) is 4.67. The third-order valence-corrected chi connectivity index (χ3v) is 3.64. The van der Waals surface area contributed by atoms with Crippen molar-refractivity contribution in [1.82, 2.24) is 0 Å². The highest BCUT2D eigenvalue weighted by molar-refractivity contribution is 9.09. The Morgan fingerprint density at radius 3 is 1.74 bits per heavy atom. The third-order valence-electron chi connectivity index (χ3n) is 3.31. The maximum absolute atomic E-state index is 9.86. The predicted molar refractivity (Wildman–Crippen MR) is 82.3 cm³/mol. The summed E-state index contributed by atoms with van der Waals surface area (Å²) in [4.78, 5) is 0.271. The van der Waals surface area contributed by atoms with Crippen LogP contribution in [0.3, 0.4) is 0 Å². The van der Waals surface area contributed by atoms with Gasteiger partial charge in [-0.15, -0.1) is 0 Å². The van der Waals surface area contributed by atoms with Gasteiger partial charge in [-0.25, -0.2) is 0 Å². The van der Waals surface area contributed by atoms with E-state index in [4.69, 9.17) is 0 Å². The Morgan fingerprint density at radius 2 is 1.42 bits per heavy atom. The number of benzene rings is 2. The molecule has 1 atom stereocenters. The van der Waals surface area contributed by atoms with Gasteiger partial charge in [-0.1, -0.05) is 83.5 Å². The summed E-state index contributed by atoms with van der Waals surface area (Å²) in [6.45, 7) is 2.08. The van der Waals surface area contributed by atoms with Gasteiger partial charge in [-0.05, 0) is 17.5 Å². The molecule has 0 fully saturated rings. The SMILES string of the molecule is CC(Br)CC(C#N)(c1ccccc1)c1ccccc1. The average molecular weight is 314 g/mol. The lowest BCUT2D eigenvalue weighted by molar-refractivity contribution is 0.595. The number of rotatable bonds is 4. The number of alkyl halides is 1. The summed E-state index contributed by atoms with van der Waals surface area (Å²) in [7, 11) is 0. The van der Waals surface area contributed by atoms with Crippen LogP contribution in [0.4, 0.5) is 0 Å². The number of nitrogens with zero attached hydrogens (tertiary/aromatic N) is 1. The van der Waals surface area contributed by atoms with Crippen molar-refractivity contribution in [2.75, 3.05) is 0 Å². The Morgan fingerprint density at radius 1 is 1.00 bits per heavy atom. The number of hydrogen-bond acceptors (Lipinski definition) is 1. The summed E-state index contributed by atoms with van der Waals surface area (Å²) in [6.07, 6.45) is 0.748. The van der Waals surface area contributed by atoms with Gasteiger partial charge >= 0.3 is 0 Å². The molecule has 1 nitrogen and oxygen atoms in total. The monoisotopic (exact) mass is 313 g/mol. The third kappa shape index (κ3) is 2.88. The smallest absolute Gasteiger partial charge is 0.108 e. The van der Waals surface area contributed by atoms with E-state index in [1.165, 1.54) is 0 Å². The van der Waals surface area contributed by atoms with Gasteiger partial charge in [0.25, 0.3) is 0 Å². The van der Waals surface area contributed by atoms with E-state index in [1.807, 2.05) is 60.7 Å². The summed E-state index contributed by atoms with van der Waals surface area (Å²) in [5.41, 5.74) is 1.51. The lowest BCUT2D eigenvalue weighted by atomic mass is 9.72. The van der Waals surface area contributed by atoms with E-state index in [-0.39, 0.29) is 4.83 Å². The first-order valence-electron chi connectivity index (χ1n) is 6.35. The van der Waals surface area contributed by atoms with Crippen molar-refractivity contribution < 1.29 is 0 Å². The second-order valence-electron chi connectivity index (χ2n) is 4.73. The number of halogens is 1. The fraction of sp³-hybridized carbons (Fsp3) is 0.235. The Hall–Kier alpha value is -1.59. The molecule has 0 bridgehead atoms. The summed E-state index contributed by atoms with van der Waals surface area (Å²) in [5.74, 6) is 0. The molecule has 1 unspecified atom stereocenters. The maximum atomic E-state index is 9.86. The molecule has 2 rings (SSSR count). The Kier molecular flexibility index (Phi) is 4.39. The zero-order valence-corrected chi connectivity index (χ0v) is 12.5. The fourth-order valence-corrected chi connectivity index (χ4v) is 2.93. The Bertz CT molecular complexity index is 515. The minimum Gasteiger partial charge on any atom is -0.197 e. The first-order valence-corrected chi connectivity index (χ1v) is 7.27. The zero-order chi connectivity index (χ0) is 13.7. The van der Waals surface area contributed by atoms with Gasteiger partial charge in [-0.2, -0.15) is 5.26 Å². The minimum absolute atomic E-state index is 0.271. The molecule has 0 aliphatic heterocycles. The molecule has 0 saturated heterocycles. The van der Waals surface area contributed by atoms with Crippen molar-refractivity contribution in [2.24, 2.45) is 0 Å². The van der Waals surface area contributed by atoms with Crippen molar-refractivity contribution in [3.05, 3.63) is 71.8 Å². The van der Waals surface area contributed by atoms with E-state index in [9.17, 15) is 5.26 Å². The van der Waals surface area contributed by atoms with Crippen molar-refractivity contribution in [3.63, 3.8) is 0 Å². The molecular formula is C17H16BrN. The van der Waals surface area contributed by atoms with Gasteiger partial charge in [0.1, 0.15) is 5.41 Å². The second-order valence-corrected chi connectivity index (χ2v) is 6.30. The van der Waals surface area contributed by atoms with E-state index in [0.717, 1.165) is 17.5 Å². The van der Waals surface area contributed by atoms with Crippen LogP contribution in [0.5, 0.6) is 0 Å². The lowest BCUT2D eigenvalue weighted by Gasteiger charge is -2.29. The van der Waals surface area contributed by atoms with E-state index in [1.54, 1.807) is 0 Å². The quantitative estimate of drug-likeness (QED) is 0.752. The summed E-state index contributed by atoms with van der Waals surface area (Å²) < 4.78 is 0. The van der Waals surface area contributed by atoms with Crippen LogP contribution in [0.1, 0.15) is 24.5 Å². The molecular weight excluding hydrogens is 298 g/mol. The highest BCUT2D eigenvalue weighted by atomic mass is 79.9. The van der Waals surface area contributed by atoms with Crippen LogP contribution < -0.4 is 0 Å². The second kappa shape index (κ2) is 6.04. The van der Waals surface area contributed by atoms with Gasteiger partial charge < -0.3 is 0 Å². The highest BCUT2D eigenvalue weighted by Crippen LogP contribution is 2.37. The van der Waals surface area contributed by atoms with Crippen LogP contribution in [-0.4, -0.2) is 4.83 Å². The molecule has 0 radical (unpaired) electrons. The van der Waals surface area contributed by atoms with Crippen LogP contribution in [0.25, 0.3) is 0 Å². The van der Waals surface area contributed by atoms with Gasteiger partial charge in [-0.3, -0.25) is 0 Å². The van der Waals surface area contributed by atoms with Crippen LogP contribution in [-0.2, 0) is 5.41 Å². The molecule has 19 heavy (non-hydrogen) atoms. The fourth-order valence-electron chi connectivity index (χ4n) is 2.44. The van der Waals surface area contributed by atoms with E-state index >= 15 is 0 Å². The van der Waals surface area contributed by atoms with Crippen LogP contribution in [0.2, 0.25) is 0 Å². The summed E-state index contributed by atoms with van der Waals surface area (Å²) >= 11 is 3.59. The van der Waals surface area contributed by atoms with Crippen molar-refractivity contribution in [1.29, 1.82) is 5.26 Å². The molecule has 0 heterocycles. The Balaban J connectivity index is 2.59. The first-order chi connectivity index (χ1) is 9.19. The molecule has 0 amide bonds. The van der Waals surface area contributed by atoms with E-state index < -0.39 is 5.41 Å². The molecule has 0 aliphatic rings. The van der Waals surface area contributed by atoms with Gasteiger partial charge in [0.15, 0.2) is 0 Å². The molecule has 0 aliphatic carbocycles. The molecule has 2 aromatic carbocycles. The van der Waals surface area contributed by atoms with Gasteiger partial charge in [0.2, 0.25) is 0 Å². The van der Waals surface area contributed by atoms with Crippen molar-refractivity contribution >= 4 is 15.9 Å².